The smallest absolute Gasteiger partial charge is 0.352 e. The van der Waals surface area contributed by atoms with E-state index in [1.54, 1.807) is 0 Å². The van der Waals surface area contributed by atoms with E-state index in [0.29, 0.717) is 12.0 Å². The van der Waals surface area contributed by atoms with Crippen molar-refractivity contribution in [1.29, 1.82) is 0 Å². The molecule has 2 atom stereocenters. The molecule has 0 heterocycles. The summed E-state index contributed by atoms with van der Waals surface area (Å²) in [4.78, 5) is 12.0. The summed E-state index contributed by atoms with van der Waals surface area (Å²) in [5.41, 5.74) is 5.81. The van der Waals surface area contributed by atoms with Gasteiger partial charge in [0.05, 0.1) is 5.56 Å². The van der Waals surface area contributed by atoms with E-state index in [9.17, 15) is 18.0 Å². The van der Waals surface area contributed by atoms with Gasteiger partial charge in [-0.15, -0.1) is 12.4 Å². The summed E-state index contributed by atoms with van der Waals surface area (Å²) >= 11 is 0. The molecule has 124 valence electrons. The molecule has 0 bridgehead atoms. The number of hydrogen-bond acceptors (Lipinski definition) is 2. The van der Waals surface area contributed by atoms with Crippen LogP contribution in [-0.4, -0.2) is 11.9 Å². The van der Waals surface area contributed by atoms with Crippen molar-refractivity contribution >= 4 is 18.3 Å². The molecule has 2 unspecified atom stereocenters. The predicted molar refractivity (Wildman–Crippen MR) is 80.5 cm³/mol. The molecular formula is C15H20ClF3N2O. The van der Waals surface area contributed by atoms with Crippen LogP contribution >= 0.6 is 12.4 Å². The first-order valence-electron chi connectivity index (χ1n) is 7.05. The van der Waals surface area contributed by atoms with Crippen LogP contribution in [0.5, 0.6) is 0 Å². The minimum Gasteiger partial charge on any atom is -0.352 e. The molecule has 2 rings (SSSR count). The standard InChI is InChI=1S/C15H19F3N2O.ClH/c16-15(17,18)12-6-4-10(5-7-12)9-20-14(21)11-2-1-3-13(19)8-11;/h4-7,11,13H,1-3,8-9,19H2,(H,20,21);1H. The Hall–Kier alpha value is -1.27. The number of halogens is 4. The zero-order valence-corrected chi connectivity index (χ0v) is 12.8. The largest absolute Gasteiger partial charge is 0.416 e. The summed E-state index contributed by atoms with van der Waals surface area (Å²) in [7, 11) is 0. The Bertz CT molecular complexity index is 491. The van der Waals surface area contributed by atoms with Crippen LogP contribution in [0.1, 0.15) is 36.8 Å². The van der Waals surface area contributed by atoms with E-state index < -0.39 is 11.7 Å². The average molecular weight is 337 g/mol. The molecule has 1 saturated carbocycles. The van der Waals surface area contributed by atoms with E-state index in [2.05, 4.69) is 5.32 Å². The number of carbonyl (C=O) groups is 1. The van der Waals surface area contributed by atoms with Crippen LogP contribution in [0.15, 0.2) is 24.3 Å². The predicted octanol–water partition coefficient (Wildman–Crippen LogP) is 3.26. The van der Waals surface area contributed by atoms with Gasteiger partial charge < -0.3 is 11.1 Å². The van der Waals surface area contributed by atoms with Crippen LogP contribution in [0.4, 0.5) is 13.2 Å². The van der Waals surface area contributed by atoms with Gasteiger partial charge in [-0.1, -0.05) is 18.6 Å². The van der Waals surface area contributed by atoms with Crippen molar-refractivity contribution in [2.24, 2.45) is 11.7 Å². The fraction of sp³-hybridized carbons (Fsp3) is 0.533. The fourth-order valence-corrected chi connectivity index (χ4v) is 2.61. The number of rotatable bonds is 3. The fourth-order valence-electron chi connectivity index (χ4n) is 2.61. The maximum Gasteiger partial charge on any atom is 0.416 e. The summed E-state index contributed by atoms with van der Waals surface area (Å²) < 4.78 is 37.3. The molecule has 0 saturated heterocycles. The van der Waals surface area contributed by atoms with Gasteiger partial charge in [0.25, 0.3) is 0 Å². The lowest BCUT2D eigenvalue weighted by atomic mass is 9.85. The lowest BCUT2D eigenvalue weighted by Gasteiger charge is -2.25. The van der Waals surface area contributed by atoms with Gasteiger partial charge in [-0.2, -0.15) is 13.2 Å². The molecule has 7 heteroatoms. The first-order valence-corrected chi connectivity index (χ1v) is 7.05. The topological polar surface area (TPSA) is 55.1 Å². The van der Waals surface area contributed by atoms with Gasteiger partial charge in [0.15, 0.2) is 0 Å². The SMILES string of the molecule is Cl.NC1CCCC(C(=O)NCc2ccc(C(F)(F)F)cc2)C1. The van der Waals surface area contributed by atoms with Crippen LogP contribution in [0.25, 0.3) is 0 Å². The first kappa shape index (κ1) is 18.8. The second-order valence-electron chi connectivity index (χ2n) is 5.54. The van der Waals surface area contributed by atoms with Gasteiger partial charge in [-0.3, -0.25) is 4.79 Å². The van der Waals surface area contributed by atoms with Crippen LogP contribution in [0, 0.1) is 5.92 Å². The number of alkyl halides is 3. The second kappa shape index (κ2) is 7.83. The van der Waals surface area contributed by atoms with Gasteiger partial charge in [0.2, 0.25) is 5.91 Å². The van der Waals surface area contributed by atoms with Gasteiger partial charge in [0, 0.05) is 18.5 Å². The molecule has 1 aromatic carbocycles. The van der Waals surface area contributed by atoms with Crippen LogP contribution in [0.2, 0.25) is 0 Å². The third kappa shape index (κ3) is 5.18. The molecule has 0 spiro atoms. The van der Waals surface area contributed by atoms with Crippen molar-refractivity contribution in [2.75, 3.05) is 0 Å². The number of nitrogens with one attached hydrogen (secondary N) is 1. The Morgan fingerprint density at radius 1 is 1.23 bits per heavy atom. The first-order chi connectivity index (χ1) is 9.86. The molecule has 3 N–H and O–H groups in total. The van der Waals surface area contributed by atoms with E-state index in [1.807, 2.05) is 0 Å². The number of carbonyl (C=O) groups excluding carboxylic acids is 1. The Morgan fingerprint density at radius 2 is 1.86 bits per heavy atom. The number of amides is 1. The van der Waals surface area contributed by atoms with E-state index in [0.717, 1.165) is 31.4 Å². The highest BCUT2D eigenvalue weighted by atomic mass is 35.5. The Balaban J connectivity index is 0.00000242. The lowest BCUT2D eigenvalue weighted by molar-refractivity contribution is -0.137. The molecule has 0 aliphatic heterocycles. The zero-order chi connectivity index (χ0) is 15.5. The average Bonchev–Trinajstić information content (AvgIpc) is 2.44. The highest BCUT2D eigenvalue weighted by Gasteiger charge is 2.30. The molecule has 22 heavy (non-hydrogen) atoms. The quantitative estimate of drug-likeness (QED) is 0.890. The summed E-state index contributed by atoms with van der Waals surface area (Å²) in [5.74, 6) is -0.145. The molecule has 1 aliphatic carbocycles. The number of hydrogen-bond donors (Lipinski definition) is 2. The molecule has 3 nitrogen and oxygen atoms in total. The van der Waals surface area contributed by atoms with Gasteiger partial charge in [-0.05, 0) is 37.0 Å². The van der Waals surface area contributed by atoms with Crippen molar-refractivity contribution in [3.8, 4) is 0 Å². The zero-order valence-electron chi connectivity index (χ0n) is 12.0. The molecule has 1 fully saturated rings. The van der Waals surface area contributed by atoms with Gasteiger partial charge >= 0.3 is 6.18 Å². The normalized spacial score (nSPS) is 21.8. The van der Waals surface area contributed by atoms with E-state index in [1.165, 1.54) is 12.1 Å². The minimum absolute atomic E-state index is 0. The van der Waals surface area contributed by atoms with E-state index >= 15 is 0 Å². The van der Waals surface area contributed by atoms with Gasteiger partial charge in [-0.25, -0.2) is 0 Å². The maximum atomic E-state index is 12.4. The van der Waals surface area contributed by atoms with Crippen molar-refractivity contribution in [3.63, 3.8) is 0 Å². The monoisotopic (exact) mass is 336 g/mol. The highest BCUT2D eigenvalue weighted by Crippen LogP contribution is 2.29. The third-order valence-electron chi connectivity index (χ3n) is 3.83. The Labute approximate surface area is 133 Å². The van der Waals surface area contributed by atoms with Crippen molar-refractivity contribution in [1.82, 2.24) is 5.32 Å². The van der Waals surface area contributed by atoms with Crippen LogP contribution < -0.4 is 11.1 Å². The lowest BCUT2D eigenvalue weighted by Crippen LogP contribution is -2.37. The van der Waals surface area contributed by atoms with Crippen molar-refractivity contribution in [2.45, 2.75) is 44.4 Å². The van der Waals surface area contributed by atoms with E-state index in [4.69, 9.17) is 5.73 Å². The van der Waals surface area contributed by atoms with Crippen LogP contribution in [-0.2, 0) is 17.5 Å². The molecule has 1 amide bonds. The maximum absolute atomic E-state index is 12.4. The summed E-state index contributed by atoms with van der Waals surface area (Å²) in [6.07, 6.45) is -0.937. The van der Waals surface area contributed by atoms with Crippen LogP contribution in [0.3, 0.4) is 0 Å². The van der Waals surface area contributed by atoms with E-state index in [-0.39, 0.29) is 36.8 Å². The Kier molecular flexibility index (Phi) is 6.68. The van der Waals surface area contributed by atoms with Crippen molar-refractivity contribution < 1.29 is 18.0 Å². The third-order valence-corrected chi connectivity index (χ3v) is 3.83. The summed E-state index contributed by atoms with van der Waals surface area (Å²) in [6, 6.07) is 4.89. The molecule has 1 aromatic rings. The molecule has 1 aliphatic rings. The molecular weight excluding hydrogens is 317 g/mol. The van der Waals surface area contributed by atoms with Gasteiger partial charge in [0.1, 0.15) is 0 Å². The number of nitrogens with two attached hydrogens (primary N) is 1. The Morgan fingerprint density at radius 3 is 2.41 bits per heavy atom. The minimum atomic E-state index is -4.33. The number of benzene rings is 1. The van der Waals surface area contributed by atoms with Crippen molar-refractivity contribution in [3.05, 3.63) is 35.4 Å². The second-order valence-corrected chi connectivity index (χ2v) is 5.54. The molecule has 0 aromatic heterocycles. The summed E-state index contributed by atoms with van der Waals surface area (Å²) in [5, 5.41) is 2.77. The summed E-state index contributed by atoms with van der Waals surface area (Å²) in [6.45, 7) is 0.239. The highest BCUT2D eigenvalue weighted by molar-refractivity contribution is 5.85. The molecule has 0 radical (unpaired) electrons.